The van der Waals surface area contributed by atoms with E-state index in [-0.39, 0.29) is 17.1 Å². The van der Waals surface area contributed by atoms with Crippen LogP contribution in [0.25, 0.3) is 0 Å². The Balaban J connectivity index is 1.44. The van der Waals surface area contributed by atoms with Crippen molar-refractivity contribution >= 4 is 10.0 Å². The van der Waals surface area contributed by atoms with Crippen molar-refractivity contribution in [1.82, 2.24) is 19.8 Å². The molecule has 1 unspecified atom stereocenters. The summed E-state index contributed by atoms with van der Waals surface area (Å²) in [5, 5.41) is 7.97. The van der Waals surface area contributed by atoms with E-state index >= 15 is 0 Å². The standard InChI is InChI=1S/C18H24N4O2S/c23-25(24,18-9-10-20-22(18)17-7-3-4-8-17)21-13-16-11-14-5-1-2-6-15(14)12-19-16/h1-2,5-6,9-10,16-17,19,21H,3-4,7-8,11-13H2. The van der Waals surface area contributed by atoms with Gasteiger partial charge in [0.15, 0.2) is 5.03 Å². The van der Waals surface area contributed by atoms with Crippen LogP contribution >= 0.6 is 0 Å². The van der Waals surface area contributed by atoms with Gasteiger partial charge in [-0.15, -0.1) is 0 Å². The van der Waals surface area contributed by atoms with Crippen molar-refractivity contribution in [1.29, 1.82) is 0 Å². The molecule has 1 atom stereocenters. The van der Waals surface area contributed by atoms with Crippen LogP contribution in [0.5, 0.6) is 0 Å². The molecule has 1 aliphatic heterocycles. The van der Waals surface area contributed by atoms with Gasteiger partial charge < -0.3 is 5.32 Å². The van der Waals surface area contributed by atoms with Gasteiger partial charge in [-0.1, -0.05) is 37.1 Å². The smallest absolute Gasteiger partial charge is 0.257 e. The molecule has 1 saturated carbocycles. The Morgan fingerprint density at radius 1 is 1.16 bits per heavy atom. The molecular formula is C18H24N4O2S. The van der Waals surface area contributed by atoms with Gasteiger partial charge in [-0.3, -0.25) is 0 Å². The number of hydrogen-bond acceptors (Lipinski definition) is 4. The molecule has 2 N–H and O–H groups in total. The van der Waals surface area contributed by atoms with Gasteiger partial charge in [-0.05, 0) is 36.5 Å². The number of hydrogen-bond donors (Lipinski definition) is 2. The number of fused-ring (bicyclic) bond motifs is 1. The summed E-state index contributed by atoms with van der Waals surface area (Å²) < 4.78 is 30.0. The maximum absolute atomic E-state index is 12.8. The Morgan fingerprint density at radius 3 is 2.72 bits per heavy atom. The molecule has 1 aromatic carbocycles. The van der Waals surface area contributed by atoms with Gasteiger partial charge in [0.2, 0.25) is 0 Å². The fourth-order valence-corrected chi connectivity index (χ4v) is 5.14. The summed E-state index contributed by atoms with van der Waals surface area (Å²) in [6.45, 7) is 1.16. The number of sulfonamides is 1. The third kappa shape index (κ3) is 3.49. The molecule has 2 aromatic rings. The second-order valence-corrected chi connectivity index (χ2v) is 8.67. The Morgan fingerprint density at radius 2 is 1.92 bits per heavy atom. The van der Waals surface area contributed by atoms with Crippen LogP contribution in [0.3, 0.4) is 0 Å². The van der Waals surface area contributed by atoms with E-state index in [0.29, 0.717) is 6.54 Å². The summed E-state index contributed by atoms with van der Waals surface area (Å²) in [6.07, 6.45) is 6.71. The number of rotatable bonds is 5. The quantitative estimate of drug-likeness (QED) is 0.855. The second kappa shape index (κ2) is 6.90. The molecule has 0 amide bonds. The molecule has 1 fully saturated rings. The van der Waals surface area contributed by atoms with E-state index in [0.717, 1.165) is 38.6 Å². The highest BCUT2D eigenvalue weighted by molar-refractivity contribution is 7.89. The predicted molar refractivity (Wildman–Crippen MR) is 95.7 cm³/mol. The van der Waals surface area contributed by atoms with Gasteiger partial charge in [-0.25, -0.2) is 17.8 Å². The molecule has 7 heteroatoms. The molecule has 0 spiro atoms. The SMILES string of the molecule is O=S(=O)(NCC1Cc2ccccc2CN1)c1ccnn1C1CCCC1. The molecule has 0 saturated heterocycles. The Kier molecular flexibility index (Phi) is 4.62. The first kappa shape index (κ1) is 16.8. The van der Waals surface area contributed by atoms with E-state index in [9.17, 15) is 8.42 Å². The first-order valence-electron chi connectivity index (χ1n) is 8.97. The molecule has 0 bridgehead atoms. The highest BCUT2D eigenvalue weighted by atomic mass is 32.2. The Hall–Kier alpha value is -1.70. The normalized spacial score (nSPS) is 21.4. The average Bonchev–Trinajstić information content (AvgIpc) is 3.31. The predicted octanol–water partition coefficient (Wildman–Crippen LogP) is 1.99. The molecule has 4 rings (SSSR count). The zero-order chi connectivity index (χ0) is 17.3. The van der Waals surface area contributed by atoms with Crippen LogP contribution in [0.1, 0.15) is 42.9 Å². The molecule has 2 heterocycles. The first-order chi connectivity index (χ1) is 12.1. The van der Waals surface area contributed by atoms with Gasteiger partial charge in [0, 0.05) is 19.1 Å². The maximum Gasteiger partial charge on any atom is 0.257 e. The van der Waals surface area contributed by atoms with Gasteiger partial charge in [0.1, 0.15) is 0 Å². The minimum absolute atomic E-state index is 0.104. The minimum atomic E-state index is -3.55. The fourth-order valence-electron chi connectivity index (χ4n) is 3.89. The largest absolute Gasteiger partial charge is 0.308 e. The summed E-state index contributed by atoms with van der Waals surface area (Å²) in [5.74, 6) is 0. The van der Waals surface area contributed by atoms with E-state index in [1.807, 2.05) is 12.1 Å². The third-order valence-electron chi connectivity index (χ3n) is 5.27. The summed E-state index contributed by atoms with van der Waals surface area (Å²) >= 11 is 0. The first-order valence-corrected chi connectivity index (χ1v) is 10.4. The molecule has 1 aliphatic carbocycles. The van der Waals surface area contributed by atoms with E-state index in [4.69, 9.17) is 0 Å². The van der Waals surface area contributed by atoms with E-state index in [1.54, 1.807) is 16.9 Å². The van der Waals surface area contributed by atoms with Crippen LogP contribution in [-0.4, -0.2) is 30.8 Å². The number of nitrogens with one attached hydrogen (secondary N) is 2. The number of benzene rings is 1. The zero-order valence-corrected chi connectivity index (χ0v) is 15.0. The molecule has 6 nitrogen and oxygen atoms in total. The lowest BCUT2D eigenvalue weighted by Gasteiger charge is -2.26. The summed E-state index contributed by atoms with van der Waals surface area (Å²) in [7, 11) is -3.55. The Bertz CT molecular complexity index is 840. The lowest BCUT2D eigenvalue weighted by molar-refractivity contribution is 0.423. The van der Waals surface area contributed by atoms with Crippen LogP contribution in [0.15, 0.2) is 41.6 Å². The van der Waals surface area contributed by atoms with Crippen molar-refractivity contribution in [2.45, 2.75) is 55.8 Å². The molecule has 1 aromatic heterocycles. The summed E-state index contributed by atoms with van der Waals surface area (Å²) in [4.78, 5) is 0. The zero-order valence-electron chi connectivity index (χ0n) is 14.2. The third-order valence-corrected chi connectivity index (χ3v) is 6.69. The molecular weight excluding hydrogens is 336 g/mol. The molecule has 2 aliphatic rings. The van der Waals surface area contributed by atoms with Crippen LogP contribution < -0.4 is 10.0 Å². The van der Waals surface area contributed by atoms with Crippen molar-refractivity contribution < 1.29 is 8.42 Å². The number of nitrogens with zero attached hydrogens (tertiary/aromatic N) is 2. The fraction of sp³-hybridized carbons (Fsp3) is 0.500. The van der Waals surface area contributed by atoms with Gasteiger partial charge in [-0.2, -0.15) is 5.10 Å². The van der Waals surface area contributed by atoms with E-state index < -0.39 is 10.0 Å². The van der Waals surface area contributed by atoms with Gasteiger partial charge in [0.05, 0.1) is 12.2 Å². The van der Waals surface area contributed by atoms with E-state index in [1.165, 1.54) is 11.1 Å². The van der Waals surface area contributed by atoms with Crippen LogP contribution in [0, 0.1) is 0 Å². The van der Waals surface area contributed by atoms with E-state index in [2.05, 4.69) is 27.3 Å². The lowest BCUT2D eigenvalue weighted by Crippen LogP contribution is -2.44. The highest BCUT2D eigenvalue weighted by Crippen LogP contribution is 2.30. The lowest BCUT2D eigenvalue weighted by atomic mass is 9.96. The second-order valence-electron chi connectivity index (χ2n) is 6.95. The van der Waals surface area contributed by atoms with Gasteiger partial charge in [0.25, 0.3) is 10.0 Å². The van der Waals surface area contributed by atoms with Crippen molar-refractivity contribution in [2.24, 2.45) is 0 Å². The average molecular weight is 360 g/mol. The van der Waals surface area contributed by atoms with Crippen molar-refractivity contribution in [3.8, 4) is 0 Å². The Labute approximate surface area is 148 Å². The van der Waals surface area contributed by atoms with Crippen molar-refractivity contribution in [3.05, 3.63) is 47.7 Å². The molecule has 0 radical (unpaired) electrons. The van der Waals surface area contributed by atoms with Gasteiger partial charge >= 0.3 is 0 Å². The summed E-state index contributed by atoms with van der Waals surface area (Å²) in [5.41, 5.74) is 2.59. The maximum atomic E-state index is 12.8. The van der Waals surface area contributed by atoms with Crippen molar-refractivity contribution in [2.75, 3.05) is 6.54 Å². The van der Waals surface area contributed by atoms with Crippen LogP contribution in [-0.2, 0) is 23.0 Å². The van der Waals surface area contributed by atoms with Crippen molar-refractivity contribution in [3.63, 3.8) is 0 Å². The topological polar surface area (TPSA) is 76.0 Å². The minimum Gasteiger partial charge on any atom is -0.308 e. The van der Waals surface area contributed by atoms with Crippen LogP contribution in [0.2, 0.25) is 0 Å². The monoisotopic (exact) mass is 360 g/mol. The molecule has 134 valence electrons. The highest BCUT2D eigenvalue weighted by Gasteiger charge is 2.27. The number of aromatic nitrogens is 2. The molecule has 25 heavy (non-hydrogen) atoms. The summed E-state index contributed by atoms with van der Waals surface area (Å²) in [6, 6.07) is 10.2. The van der Waals surface area contributed by atoms with Crippen LogP contribution in [0.4, 0.5) is 0 Å².